The van der Waals surface area contributed by atoms with E-state index in [1.807, 2.05) is 0 Å². The Morgan fingerprint density at radius 2 is 1.93 bits per heavy atom. The van der Waals surface area contributed by atoms with E-state index < -0.39 is 0 Å². The van der Waals surface area contributed by atoms with Crippen LogP contribution in [-0.4, -0.2) is 29.8 Å². The van der Waals surface area contributed by atoms with Crippen molar-refractivity contribution in [2.75, 3.05) is 18.8 Å². The second kappa shape index (κ2) is 4.67. The molecule has 0 aromatic rings. The van der Waals surface area contributed by atoms with Gasteiger partial charge in [0, 0.05) is 19.1 Å². The molecule has 1 aliphatic carbocycles. The first kappa shape index (κ1) is 11.8. The molecule has 0 aromatic carbocycles. The molecule has 1 heterocycles. The molecular formula is C13H25NS. The zero-order valence-corrected chi connectivity index (χ0v) is 11.1. The maximum Gasteiger partial charge on any atom is 0.00702 e. The van der Waals surface area contributed by atoms with Gasteiger partial charge in [-0.2, -0.15) is 12.6 Å². The maximum atomic E-state index is 4.60. The molecule has 2 atom stereocenters. The van der Waals surface area contributed by atoms with Gasteiger partial charge < -0.3 is 0 Å². The average molecular weight is 227 g/mol. The lowest BCUT2D eigenvalue weighted by Gasteiger charge is -2.34. The van der Waals surface area contributed by atoms with Crippen molar-refractivity contribution in [1.29, 1.82) is 0 Å². The van der Waals surface area contributed by atoms with Gasteiger partial charge in [-0.3, -0.25) is 4.90 Å². The summed E-state index contributed by atoms with van der Waals surface area (Å²) in [7, 11) is 0. The van der Waals surface area contributed by atoms with E-state index in [9.17, 15) is 0 Å². The van der Waals surface area contributed by atoms with Crippen molar-refractivity contribution in [3.63, 3.8) is 0 Å². The van der Waals surface area contributed by atoms with Gasteiger partial charge in [-0.25, -0.2) is 0 Å². The monoisotopic (exact) mass is 227 g/mol. The predicted molar refractivity (Wildman–Crippen MR) is 69.6 cm³/mol. The molecule has 0 bridgehead atoms. The Balaban J connectivity index is 1.95. The lowest BCUT2D eigenvalue weighted by atomic mass is 9.87. The van der Waals surface area contributed by atoms with Crippen molar-refractivity contribution >= 4 is 12.6 Å². The van der Waals surface area contributed by atoms with Gasteiger partial charge in [0.1, 0.15) is 0 Å². The Kier molecular flexibility index (Phi) is 3.67. The van der Waals surface area contributed by atoms with Gasteiger partial charge >= 0.3 is 0 Å². The summed E-state index contributed by atoms with van der Waals surface area (Å²) < 4.78 is 0. The van der Waals surface area contributed by atoms with Gasteiger partial charge in [0.25, 0.3) is 0 Å². The van der Waals surface area contributed by atoms with Crippen molar-refractivity contribution in [2.24, 2.45) is 11.3 Å². The van der Waals surface area contributed by atoms with Crippen molar-refractivity contribution in [1.82, 2.24) is 4.90 Å². The van der Waals surface area contributed by atoms with Crippen LogP contribution in [0.1, 0.15) is 46.0 Å². The molecule has 1 aliphatic heterocycles. The molecule has 0 spiro atoms. The van der Waals surface area contributed by atoms with Crippen LogP contribution in [0.5, 0.6) is 0 Å². The molecule has 2 aliphatic rings. The van der Waals surface area contributed by atoms with E-state index in [-0.39, 0.29) is 0 Å². The standard InChI is InChI=1S/C13H25NS/c1-11-7-12(2)14(8-11)9-13(10-15)5-3-4-6-13/h11-12,15H,3-10H2,1-2H3. The first-order valence-corrected chi connectivity index (χ1v) is 7.13. The van der Waals surface area contributed by atoms with E-state index in [1.54, 1.807) is 0 Å². The van der Waals surface area contributed by atoms with Crippen molar-refractivity contribution in [3.05, 3.63) is 0 Å². The molecule has 0 amide bonds. The minimum atomic E-state index is 0.557. The number of thiol groups is 1. The third-order valence-electron chi connectivity index (χ3n) is 4.45. The molecule has 2 rings (SSSR count). The second-order valence-electron chi connectivity index (χ2n) is 5.98. The van der Waals surface area contributed by atoms with Crippen molar-refractivity contribution in [3.8, 4) is 0 Å². The summed E-state index contributed by atoms with van der Waals surface area (Å²) >= 11 is 4.60. The molecule has 2 unspecified atom stereocenters. The van der Waals surface area contributed by atoms with Crippen LogP contribution in [-0.2, 0) is 0 Å². The Morgan fingerprint density at radius 3 is 2.40 bits per heavy atom. The normalized spacial score (nSPS) is 36.2. The van der Waals surface area contributed by atoms with Crippen molar-refractivity contribution < 1.29 is 0 Å². The molecule has 15 heavy (non-hydrogen) atoms. The van der Waals surface area contributed by atoms with E-state index in [2.05, 4.69) is 31.4 Å². The topological polar surface area (TPSA) is 3.24 Å². The third kappa shape index (κ3) is 2.52. The fraction of sp³-hybridized carbons (Fsp3) is 1.00. The zero-order chi connectivity index (χ0) is 10.9. The summed E-state index contributed by atoms with van der Waals surface area (Å²) in [5.74, 6) is 1.99. The van der Waals surface area contributed by atoms with E-state index in [4.69, 9.17) is 0 Å². The summed E-state index contributed by atoms with van der Waals surface area (Å²) in [6.07, 6.45) is 7.07. The van der Waals surface area contributed by atoms with Crippen LogP contribution in [0, 0.1) is 11.3 Å². The summed E-state index contributed by atoms with van der Waals surface area (Å²) in [6, 6.07) is 0.803. The first-order valence-electron chi connectivity index (χ1n) is 6.50. The van der Waals surface area contributed by atoms with Crippen LogP contribution in [0.2, 0.25) is 0 Å². The first-order chi connectivity index (χ1) is 7.15. The largest absolute Gasteiger partial charge is 0.300 e. The lowest BCUT2D eigenvalue weighted by Crippen LogP contribution is -2.39. The smallest absolute Gasteiger partial charge is 0.00702 e. The van der Waals surface area contributed by atoms with Crippen LogP contribution in [0.4, 0.5) is 0 Å². The lowest BCUT2D eigenvalue weighted by molar-refractivity contribution is 0.164. The number of likely N-dealkylation sites (tertiary alicyclic amines) is 1. The fourth-order valence-corrected chi connectivity index (χ4v) is 3.94. The van der Waals surface area contributed by atoms with Crippen LogP contribution < -0.4 is 0 Å². The highest BCUT2D eigenvalue weighted by molar-refractivity contribution is 7.80. The highest BCUT2D eigenvalue weighted by Gasteiger charge is 2.37. The summed E-state index contributed by atoms with van der Waals surface area (Å²) in [6.45, 7) is 7.40. The molecule has 1 saturated heterocycles. The molecule has 2 heteroatoms. The number of nitrogens with zero attached hydrogens (tertiary/aromatic N) is 1. The SMILES string of the molecule is CC1CC(C)N(CC2(CS)CCCC2)C1. The Bertz CT molecular complexity index is 211. The van der Waals surface area contributed by atoms with Crippen LogP contribution in [0.15, 0.2) is 0 Å². The van der Waals surface area contributed by atoms with E-state index in [0.29, 0.717) is 5.41 Å². The molecule has 1 nitrogen and oxygen atoms in total. The third-order valence-corrected chi connectivity index (χ3v) is 5.12. The quantitative estimate of drug-likeness (QED) is 0.725. The molecule has 0 aromatic heterocycles. The van der Waals surface area contributed by atoms with Gasteiger partial charge in [0.15, 0.2) is 0 Å². The molecular weight excluding hydrogens is 202 g/mol. The van der Waals surface area contributed by atoms with Gasteiger partial charge in [-0.1, -0.05) is 19.8 Å². The van der Waals surface area contributed by atoms with Gasteiger partial charge in [-0.15, -0.1) is 0 Å². The van der Waals surface area contributed by atoms with Crippen LogP contribution in [0.3, 0.4) is 0 Å². The number of hydrogen-bond acceptors (Lipinski definition) is 2. The van der Waals surface area contributed by atoms with Crippen molar-refractivity contribution in [2.45, 2.75) is 52.0 Å². The Labute approximate surface area is 100 Å². The van der Waals surface area contributed by atoms with Gasteiger partial charge in [-0.05, 0) is 43.3 Å². The minimum Gasteiger partial charge on any atom is -0.300 e. The van der Waals surface area contributed by atoms with Crippen LogP contribution in [0.25, 0.3) is 0 Å². The molecule has 1 saturated carbocycles. The zero-order valence-electron chi connectivity index (χ0n) is 10.2. The number of rotatable bonds is 3. The highest BCUT2D eigenvalue weighted by Crippen LogP contribution is 2.41. The number of hydrogen-bond donors (Lipinski definition) is 1. The second-order valence-corrected chi connectivity index (χ2v) is 6.30. The molecule has 2 fully saturated rings. The van der Waals surface area contributed by atoms with Gasteiger partial charge in [0.2, 0.25) is 0 Å². The minimum absolute atomic E-state index is 0.557. The average Bonchev–Trinajstić information content (AvgIpc) is 2.76. The molecule has 0 N–H and O–H groups in total. The summed E-state index contributed by atoms with van der Waals surface area (Å²) in [5.41, 5.74) is 0.557. The van der Waals surface area contributed by atoms with E-state index >= 15 is 0 Å². The molecule has 88 valence electrons. The Hall–Kier alpha value is 0.310. The molecule has 0 radical (unpaired) electrons. The fourth-order valence-electron chi connectivity index (χ4n) is 3.53. The van der Waals surface area contributed by atoms with Crippen LogP contribution >= 0.6 is 12.6 Å². The Morgan fingerprint density at radius 1 is 1.27 bits per heavy atom. The highest BCUT2D eigenvalue weighted by atomic mass is 32.1. The summed E-state index contributed by atoms with van der Waals surface area (Å²) in [4.78, 5) is 2.71. The maximum absolute atomic E-state index is 4.60. The summed E-state index contributed by atoms with van der Waals surface area (Å²) in [5, 5.41) is 0. The van der Waals surface area contributed by atoms with Gasteiger partial charge in [0.05, 0.1) is 0 Å². The van der Waals surface area contributed by atoms with E-state index in [0.717, 1.165) is 17.7 Å². The predicted octanol–water partition coefficient (Wildman–Crippen LogP) is 3.21. The van der Waals surface area contributed by atoms with E-state index in [1.165, 1.54) is 45.2 Å².